The normalized spacial score (nSPS) is 18.5. The molecule has 1 aliphatic heterocycles. The maximum absolute atomic E-state index is 14.3. The highest BCUT2D eigenvalue weighted by atomic mass is 35.5. The van der Waals surface area contributed by atoms with Crippen LogP contribution in [-0.2, 0) is 29.2 Å². The van der Waals surface area contributed by atoms with Crippen molar-refractivity contribution >= 4 is 23.4 Å². The molecule has 0 spiro atoms. The molecule has 44 heavy (non-hydrogen) atoms. The molecule has 0 radical (unpaired) electrons. The van der Waals surface area contributed by atoms with E-state index in [9.17, 15) is 19.8 Å². The summed E-state index contributed by atoms with van der Waals surface area (Å²) in [5.74, 6) is 0.614. The van der Waals surface area contributed by atoms with Crippen LogP contribution in [0, 0.1) is 5.92 Å². The molecule has 0 bridgehead atoms. The Hall–Kier alpha value is -3.20. The van der Waals surface area contributed by atoms with Crippen LogP contribution < -0.4 is 5.32 Å². The number of nitrogens with zero attached hydrogens (tertiary/aromatic N) is 3. The SMILES string of the molecule is CCCCc1nc(Cl)c(CO)n1Cc1ccc(C(C(=O)N2CCCC2C(=O)NC(CO)c2ccccc2)C2CCCC2)cc1. The van der Waals surface area contributed by atoms with Gasteiger partial charge in [-0.3, -0.25) is 9.59 Å². The van der Waals surface area contributed by atoms with Gasteiger partial charge in [-0.25, -0.2) is 4.98 Å². The predicted octanol–water partition coefficient (Wildman–Crippen LogP) is 5.53. The summed E-state index contributed by atoms with van der Waals surface area (Å²) in [7, 11) is 0. The largest absolute Gasteiger partial charge is 0.394 e. The fourth-order valence-corrected chi connectivity index (χ4v) is 7.22. The Labute approximate surface area is 265 Å². The van der Waals surface area contributed by atoms with Crippen molar-refractivity contribution in [2.45, 2.75) is 95.9 Å². The van der Waals surface area contributed by atoms with Gasteiger partial charge in [0.15, 0.2) is 5.15 Å². The number of hydrogen-bond donors (Lipinski definition) is 3. The van der Waals surface area contributed by atoms with Gasteiger partial charge in [0.2, 0.25) is 11.8 Å². The number of unbranched alkanes of at least 4 members (excludes halogenated alkanes) is 1. The van der Waals surface area contributed by atoms with Crippen LogP contribution in [0.4, 0.5) is 0 Å². The van der Waals surface area contributed by atoms with Crippen LogP contribution in [0.3, 0.4) is 0 Å². The molecular weight excluding hydrogens is 576 g/mol. The minimum Gasteiger partial charge on any atom is -0.394 e. The number of aliphatic hydroxyl groups excluding tert-OH is 2. The van der Waals surface area contributed by atoms with E-state index >= 15 is 0 Å². The van der Waals surface area contributed by atoms with Gasteiger partial charge in [0.25, 0.3) is 0 Å². The van der Waals surface area contributed by atoms with E-state index in [4.69, 9.17) is 11.6 Å². The lowest BCUT2D eigenvalue weighted by Crippen LogP contribution is -2.49. The van der Waals surface area contributed by atoms with E-state index in [1.807, 2.05) is 34.9 Å². The first-order valence-corrected chi connectivity index (χ1v) is 16.5. The average Bonchev–Trinajstić information content (AvgIpc) is 3.81. The summed E-state index contributed by atoms with van der Waals surface area (Å²) >= 11 is 6.36. The van der Waals surface area contributed by atoms with Crippen molar-refractivity contribution in [3.8, 4) is 0 Å². The molecule has 3 aromatic rings. The minimum absolute atomic E-state index is 0.0216. The van der Waals surface area contributed by atoms with Gasteiger partial charge < -0.3 is 25.0 Å². The quantitative estimate of drug-likeness (QED) is 0.233. The number of carbonyl (C=O) groups excluding carboxylic acids is 2. The zero-order valence-corrected chi connectivity index (χ0v) is 26.4. The van der Waals surface area contributed by atoms with Crippen molar-refractivity contribution in [1.82, 2.24) is 19.8 Å². The number of benzene rings is 2. The molecule has 2 aliphatic rings. The summed E-state index contributed by atoms with van der Waals surface area (Å²) in [4.78, 5) is 34.1. The highest BCUT2D eigenvalue weighted by Crippen LogP contribution is 2.40. The summed E-state index contributed by atoms with van der Waals surface area (Å²) in [6, 6.07) is 16.6. The van der Waals surface area contributed by atoms with E-state index in [0.29, 0.717) is 30.4 Å². The highest BCUT2D eigenvalue weighted by Gasteiger charge is 2.41. The molecule has 2 aromatic carbocycles. The molecule has 1 aromatic heterocycles. The van der Waals surface area contributed by atoms with Gasteiger partial charge in [-0.15, -0.1) is 0 Å². The standard InChI is InChI=1S/C35H45ClN4O4/c1-2-3-15-31-38-33(36)30(23-42)40(31)21-24-16-18-27(19-17-24)32(26-12-7-8-13-26)35(44)39-20-9-14-29(39)34(43)37-28(22-41)25-10-5-4-6-11-25/h4-6,10-11,16-19,26,28-29,32,41-42H,2-3,7-9,12-15,20-23H2,1H3,(H,37,43). The third-order valence-corrected chi connectivity index (χ3v) is 9.67. The number of imidazole rings is 1. The van der Waals surface area contributed by atoms with Crippen molar-refractivity contribution in [2.75, 3.05) is 13.2 Å². The second-order valence-corrected chi connectivity index (χ2v) is 12.6. The van der Waals surface area contributed by atoms with Gasteiger partial charge in [0.05, 0.1) is 30.9 Å². The van der Waals surface area contributed by atoms with Crippen molar-refractivity contribution in [1.29, 1.82) is 0 Å². The van der Waals surface area contributed by atoms with E-state index in [1.165, 1.54) is 0 Å². The van der Waals surface area contributed by atoms with Gasteiger partial charge in [0.1, 0.15) is 11.9 Å². The zero-order valence-electron chi connectivity index (χ0n) is 25.6. The monoisotopic (exact) mass is 620 g/mol. The van der Waals surface area contributed by atoms with Gasteiger partial charge in [0, 0.05) is 19.5 Å². The number of amides is 2. The van der Waals surface area contributed by atoms with Crippen LogP contribution in [0.1, 0.15) is 98.5 Å². The van der Waals surface area contributed by atoms with Crippen LogP contribution in [0.25, 0.3) is 0 Å². The lowest BCUT2D eigenvalue weighted by Gasteiger charge is -2.32. The maximum atomic E-state index is 14.3. The third-order valence-electron chi connectivity index (χ3n) is 9.36. The Bertz CT molecular complexity index is 1390. The molecule has 5 rings (SSSR count). The Morgan fingerprint density at radius 1 is 1.00 bits per heavy atom. The number of carbonyl (C=O) groups is 2. The molecule has 3 N–H and O–H groups in total. The fourth-order valence-electron chi connectivity index (χ4n) is 6.96. The summed E-state index contributed by atoms with van der Waals surface area (Å²) in [5, 5.41) is 23.3. The van der Waals surface area contributed by atoms with Crippen molar-refractivity contribution in [3.05, 3.63) is 88.0 Å². The first-order valence-electron chi connectivity index (χ1n) is 16.1. The first-order chi connectivity index (χ1) is 21.4. The van der Waals surface area contributed by atoms with E-state index in [0.717, 1.165) is 73.9 Å². The molecule has 3 unspecified atom stereocenters. The second kappa shape index (κ2) is 15.2. The number of hydrogen-bond acceptors (Lipinski definition) is 5. The number of halogens is 1. The Morgan fingerprint density at radius 2 is 1.73 bits per heavy atom. The first kappa shape index (κ1) is 32.2. The van der Waals surface area contributed by atoms with E-state index in [1.54, 1.807) is 4.90 Å². The lowest BCUT2D eigenvalue weighted by atomic mass is 9.83. The predicted molar refractivity (Wildman–Crippen MR) is 171 cm³/mol. The van der Waals surface area contributed by atoms with Gasteiger partial charge in [-0.2, -0.15) is 0 Å². The second-order valence-electron chi connectivity index (χ2n) is 12.2. The number of aromatic nitrogens is 2. The van der Waals surface area contributed by atoms with E-state index < -0.39 is 12.1 Å². The van der Waals surface area contributed by atoms with Gasteiger partial charge in [-0.1, -0.05) is 92.4 Å². The fraction of sp³-hybridized carbons (Fsp3) is 0.514. The third kappa shape index (κ3) is 7.19. The van der Waals surface area contributed by atoms with Crippen LogP contribution in [0.2, 0.25) is 5.15 Å². The van der Waals surface area contributed by atoms with Crippen molar-refractivity contribution in [2.24, 2.45) is 5.92 Å². The summed E-state index contributed by atoms with van der Waals surface area (Å²) in [6.45, 7) is 2.84. The van der Waals surface area contributed by atoms with E-state index in [2.05, 4.69) is 41.5 Å². The minimum atomic E-state index is -0.548. The Kier molecular flexibility index (Phi) is 11.1. The molecule has 2 amide bonds. The Morgan fingerprint density at radius 3 is 2.39 bits per heavy atom. The zero-order chi connectivity index (χ0) is 31.1. The molecule has 2 fully saturated rings. The Balaban J connectivity index is 1.35. The molecule has 1 aliphatic carbocycles. The summed E-state index contributed by atoms with van der Waals surface area (Å²) in [6.07, 6.45) is 8.42. The number of aliphatic hydroxyl groups is 2. The highest BCUT2D eigenvalue weighted by molar-refractivity contribution is 6.30. The van der Waals surface area contributed by atoms with Crippen LogP contribution in [-0.4, -0.2) is 55.7 Å². The molecule has 1 saturated heterocycles. The molecular formula is C35H45ClN4O4. The van der Waals surface area contributed by atoms with Gasteiger partial charge in [-0.05, 0) is 54.7 Å². The topological polar surface area (TPSA) is 108 Å². The number of nitrogens with one attached hydrogen (secondary N) is 1. The van der Waals surface area contributed by atoms with E-state index in [-0.39, 0.29) is 36.9 Å². The van der Waals surface area contributed by atoms with Crippen LogP contribution in [0.15, 0.2) is 54.6 Å². The van der Waals surface area contributed by atoms with Crippen molar-refractivity contribution < 1.29 is 19.8 Å². The average molecular weight is 621 g/mol. The number of aryl methyl sites for hydroxylation is 1. The number of likely N-dealkylation sites (tertiary alicyclic amines) is 1. The van der Waals surface area contributed by atoms with Crippen LogP contribution in [0.5, 0.6) is 0 Å². The smallest absolute Gasteiger partial charge is 0.243 e. The summed E-state index contributed by atoms with van der Waals surface area (Å²) < 4.78 is 2.01. The molecule has 9 heteroatoms. The van der Waals surface area contributed by atoms with Crippen LogP contribution >= 0.6 is 11.6 Å². The molecule has 236 valence electrons. The maximum Gasteiger partial charge on any atom is 0.243 e. The molecule has 1 saturated carbocycles. The summed E-state index contributed by atoms with van der Waals surface area (Å²) in [5.41, 5.74) is 3.48. The van der Waals surface area contributed by atoms with Crippen molar-refractivity contribution in [3.63, 3.8) is 0 Å². The molecule has 8 nitrogen and oxygen atoms in total. The molecule has 2 heterocycles. The van der Waals surface area contributed by atoms with Gasteiger partial charge >= 0.3 is 0 Å². The lowest BCUT2D eigenvalue weighted by molar-refractivity contribution is -0.141. The molecule has 3 atom stereocenters. The number of rotatable bonds is 13.